The molecule has 0 bridgehead atoms. The largest absolute Gasteiger partial charge is 0.508 e. The van der Waals surface area contributed by atoms with E-state index in [0.717, 1.165) is 4.90 Å². The molecule has 1 aliphatic heterocycles. The average molecular weight is 1330 g/mol. The minimum absolute atomic E-state index is 0.106. The molecule has 0 unspecified atom stereocenters. The standard InChI is InChI=1S/C60H78N16O19/c61-36(6-3-21-66-60(64)65)51(86)68-29-48(81)69-41(26-49(82)83)55(90)74-43(24-31-11-15-34(78)16-12-31)58(93)76-22-4-8-45(76)57(92)73-42(27-50(84)85)56(91)72-40(23-30-9-13-33(77)14-10-30)54(89)71-38(17-19-46(62)79)52(87)70-39(18-20-47(63)80)53(88)75-44(59(94)95)25-32-28-67-37-7-2-1-5-35(32)37/h1-2,5,7,9-16,28,36,38-45,67,77-78H,3-4,6,8,17-27,29,61H2,(H2,62,79)(H2,63,80)(H,68,86)(H,69,81)(H,70,87)(H,71,89)(H,72,91)(H,73,92)(H,74,90)(H,75,88)(H,82,83)(H,84,85)(H,94,95)(H4,64,65,66)/t36-,38-,39-,40-,41-,42-,43-,44-,45-/m0/s1. The molecule has 1 aromatic heterocycles. The van der Waals surface area contributed by atoms with Crippen molar-refractivity contribution >= 4 is 99.7 Å². The number of hydrogen-bond acceptors (Lipinski definition) is 18. The van der Waals surface area contributed by atoms with Crippen LogP contribution in [0.4, 0.5) is 0 Å². The van der Waals surface area contributed by atoms with Crippen molar-refractivity contribution in [2.24, 2.45) is 33.7 Å². The first-order valence-electron chi connectivity index (χ1n) is 29.8. The highest BCUT2D eigenvalue weighted by Crippen LogP contribution is 2.23. The van der Waals surface area contributed by atoms with E-state index in [0.29, 0.717) is 28.5 Å². The van der Waals surface area contributed by atoms with Crippen molar-refractivity contribution < 1.29 is 92.7 Å². The second-order valence-electron chi connectivity index (χ2n) is 22.3. The fourth-order valence-corrected chi connectivity index (χ4v) is 10.1. The van der Waals surface area contributed by atoms with Crippen LogP contribution in [0.5, 0.6) is 11.5 Å². The number of H-pyrrole nitrogens is 1. The number of primary amides is 2. The maximum atomic E-state index is 14.7. The number of benzene rings is 3. The normalized spacial score (nSPS) is 15.1. The van der Waals surface area contributed by atoms with Crippen LogP contribution in [0.2, 0.25) is 0 Å². The maximum Gasteiger partial charge on any atom is 0.326 e. The van der Waals surface area contributed by atoms with Gasteiger partial charge in [-0.25, -0.2) is 4.79 Å². The first-order chi connectivity index (χ1) is 45.0. The Kier molecular flexibility index (Phi) is 28.2. The Morgan fingerprint density at radius 2 is 1.04 bits per heavy atom. The number of aromatic amines is 1. The number of carboxylic acids is 3. The molecular weight excluding hydrogens is 1250 g/mol. The van der Waals surface area contributed by atoms with Crippen LogP contribution in [0, 0.1) is 0 Å². The molecule has 9 atom stereocenters. The third kappa shape index (κ3) is 24.3. The number of aliphatic carboxylic acids is 3. The number of nitrogens with one attached hydrogen (secondary N) is 9. The number of likely N-dealkylation sites (tertiary alicyclic amines) is 1. The molecule has 35 nitrogen and oxygen atoms in total. The number of phenolic OH excluding ortho intramolecular Hbond substituents is 2. The summed E-state index contributed by atoms with van der Waals surface area (Å²) in [7, 11) is 0. The zero-order valence-corrected chi connectivity index (χ0v) is 51.2. The highest BCUT2D eigenvalue weighted by molar-refractivity contribution is 6.00. The van der Waals surface area contributed by atoms with Crippen molar-refractivity contribution in [3.8, 4) is 11.5 Å². The number of para-hydroxylation sites is 1. The van der Waals surface area contributed by atoms with Gasteiger partial charge in [-0.05, 0) is 85.5 Å². The van der Waals surface area contributed by atoms with Gasteiger partial charge in [0, 0.05) is 62.3 Å². The number of aliphatic imine (C=N–C) groups is 1. The Morgan fingerprint density at radius 1 is 0.558 bits per heavy atom. The van der Waals surface area contributed by atoms with Crippen LogP contribution in [0.3, 0.4) is 0 Å². The summed E-state index contributed by atoms with van der Waals surface area (Å²) in [6.45, 7) is -0.786. The summed E-state index contributed by atoms with van der Waals surface area (Å²) in [4.78, 5) is 195. The summed E-state index contributed by atoms with van der Waals surface area (Å²) < 4.78 is 0. The molecule has 2 heterocycles. The van der Waals surface area contributed by atoms with Crippen molar-refractivity contribution in [2.45, 2.75) is 138 Å². The van der Waals surface area contributed by atoms with Gasteiger partial charge >= 0.3 is 17.9 Å². The molecule has 0 aliphatic carbocycles. The number of aromatic hydroxyl groups is 2. The number of hydrogen-bond donors (Lipinski definition) is 19. The van der Waals surface area contributed by atoms with Gasteiger partial charge in [0.05, 0.1) is 25.4 Å². The molecule has 5 rings (SSSR count). The second-order valence-corrected chi connectivity index (χ2v) is 22.3. The lowest BCUT2D eigenvalue weighted by atomic mass is 10.0. The molecule has 1 fully saturated rings. The monoisotopic (exact) mass is 1330 g/mol. The van der Waals surface area contributed by atoms with E-state index in [1.165, 1.54) is 48.5 Å². The molecule has 3 aromatic carbocycles. The number of rotatable bonds is 38. The van der Waals surface area contributed by atoms with Crippen LogP contribution in [0.15, 0.2) is 84.0 Å². The SMILES string of the molecule is NC(=O)CC[C@H](NC(=O)[C@H](CCC(N)=O)NC(=O)[C@H](Cc1ccc(O)cc1)NC(=O)[C@H](CC(=O)O)NC(=O)[C@@H]1CCCN1C(=O)[C@H](Cc1ccc(O)cc1)NC(=O)[C@H](CC(=O)O)NC(=O)CNC(=O)[C@@H](N)CCCN=C(N)N)C(=O)N[C@@H](Cc1c[nH]c2ccccc12)C(=O)O. The predicted octanol–water partition coefficient (Wildman–Crippen LogP) is -4.95. The highest BCUT2D eigenvalue weighted by atomic mass is 16.4. The molecular formula is C60H78N16O19. The first-order valence-corrected chi connectivity index (χ1v) is 29.8. The molecule has 0 radical (unpaired) electrons. The van der Waals surface area contributed by atoms with Crippen LogP contribution in [0.1, 0.15) is 80.9 Å². The maximum absolute atomic E-state index is 14.7. The van der Waals surface area contributed by atoms with Gasteiger partial charge in [-0.1, -0.05) is 42.5 Å². The summed E-state index contributed by atoms with van der Waals surface area (Å²) in [6.07, 6.45) is -3.47. The van der Waals surface area contributed by atoms with E-state index < -0.39 is 189 Å². The van der Waals surface area contributed by atoms with E-state index in [9.17, 15) is 92.7 Å². The van der Waals surface area contributed by atoms with Gasteiger partial charge in [-0.2, -0.15) is 0 Å². The summed E-state index contributed by atoms with van der Waals surface area (Å²) in [5.41, 5.74) is 29.1. The summed E-state index contributed by atoms with van der Waals surface area (Å²) in [6, 6.07) is 2.30. The number of aromatic nitrogens is 1. The van der Waals surface area contributed by atoms with Crippen LogP contribution in [0.25, 0.3) is 10.9 Å². The first kappa shape index (κ1) is 74.3. The van der Waals surface area contributed by atoms with Gasteiger partial charge in [0.15, 0.2) is 5.96 Å². The predicted molar refractivity (Wildman–Crippen MR) is 334 cm³/mol. The molecule has 1 saturated heterocycles. The third-order valence-electron chi connectivity index (χ3n) is 14.9. The number of phenols is 2. The number of fused-ring (bicyclic) bond motifs is 1. The van der Waals surface area contributed by atoms with Gasteiger partial charge in [0.25, 0.3) is 0 Å². The zero-order valence-electron chi connectivity index (χ0n) is 51.2. The average Bonchev–Trinajstić information content (AvgIpc) is 1.79. The van der Waals surface area contributed by atoms with E-state index in [-0.39, 0.29) is 68.2 Å². The third-order valence-corrected chi connectivity index (χ3v) is 14.9. The summed E-state index contributed by atoms with van der Waals surface area (Å²) in [5, 5.41) is 69.4. The van der Waals surface area contributed by atoms with Crippen molar-refractivity contribution in [3.63, 3.8) is 0 Å². The molecule has 0 spiro atoms. The Hall–Kier alpha value is -11.4. The van der Waals surface area contributed by atoms with Crippen molar-refractivity contribution in [2.75, 3.05) is 19.6 Å². The van der Waals surface area contributed by atoms with E-state index in [1.54, 1.807) is 30.5 Å². The van der Waals surface area contributed by atoms with Crippen LogP contribution in [-0.4, -0.2) is 198 Å². The lowest BCUT2D eigenvalue weighted by Gasteiger charge is -2.31. The number of carbonyl (C=O) groups is 14. The van der Waals surface area contributed by atoms with E-state index in [2.05, 4.69) is 52.5 Å². The number of nitrogens with zero attached hydrogens (tertiary/aromatic N) is 2. The van der Waals surface area contributed by atoms with Gasteiger partial charge < -0.3 is 107 Å². The quantitative estimate of drug-likeness (QED) is 0.0114. The van der Waals surface area contributed by atoms with E-state index in [4.69, 9.17) is 28.7 Å². The zero-order chi connectivity index (χ0) is 70.1. The van der Waals surface area contributed by atoms with Crippen molar-refractivity contribution in [1.82, 2.24) is 52.4 Å². The lowest BCUT2D eigenvalue weighted by molar-refractivity contribution is -0.145. The number of carboxylic acid groups (broad SMARTS) is 3. The van der Waals surface area contributed by atoms with Gasteiger partial charge in [0.1, 0.15) is 59.8 Å². The number of guanidine groups is 1. The Labute approximate surface area is 541 Å². The van der Waals surface area contributed by atoms with E-state index in [1.807, 2.05) is 0 Å². The summed E-state index contributed by atoms with van der Waals surface area (Å²) >= 11 is 0. The molecule has 4 aromatic rings. The molecule has 35 heteroatoms. The van der Waals surface area contributed by atoms with Gasteiger partial charge in [-0.3, -0.25) is 67.3 Å². The molecule has 1 aliphatic rings. The molecule has 95 heavy (non-hydrogen) atoms. The fourth-order valence-electron chi connectivity index (χ4n) is 10.1. The fraction of sp³-hybridized carbons (Fsp3) is 0.417. The van der Waals surface area contributed by atoms with Crippen LogP contribution in [-0.2, 0) is 86.4 Å². The Bertz CT molecular complexity index is 3490. The van der Waals surface area contributed by atoms with Crippen LogP contribution < -0.4 is 71.2 Å². The Balaban J connectivity index is 1.36. The number of carbonyl (C=O) groups excluding carboxylic acids is 11. The lowest BCUT2D eigenvalue weighted by Crippen LogP contribution is -2.61. The van der Waals surface area contributed by atoms with E-state index >= 15 is 0 Å². The molecule has 24 N–H and O–H groups in total. The van der Waals surface area contributed by atoms with Crippen molar-refractivity contribution in [1.29, 1.82) is 0 Å². The smallest absolute Gasteiger partial charge is 0.326 e. The highest BCUT2D eigenvalue weighted by Gasteiger charge is 2.41. The van der Waals surface area contributed by atoms with Crippen molar-refractivity contribution in [3.05, 3.63) is 95.7 Å². The minimum atomic E-state index is -2.04. The topological polar surface area (TPSA) is 598 Å². The number of nitrogens with two attached hydrogens (primary N) is 5. The van der Waals surface area contributed by atoms with Gasteiger partial charge in [-0.15, -0.1) is 0 Å². The second kappa shape index (κ2) is 36.0. The van der Waals surface area contributed by atoms with Gasteiger partial charge in [0.2, 0.25) is 65.0 Å². The van der Waals surface area contributed by atoms with Crippen LogP contribution >= 0.6 is 0 Å². The molecule has 0 saturated carbocycles. The summed E-state index contributed by atoms with van der Waals surface area (Å²) in [5.74, 6) is -17.0. The molecule has 512 valence electrons. The Morgan fingerprint density at radius 3 is 1.57 bits per heavy atom. The minimum Gasteiger partial charge on any atom is -0.508 e. The number of amides is 11. The molecule has 11 amide bonds.